The number of aromatic nitrogens is 5. The minimum absolute atomic E-state index is 0.622. The minimum atomic E-state index is 0.622. The van der Waals surface area contributed by atoms with Gasteiger partial charge in [-0.3, -0.25) is 4.57 Å². The highest BCUT2D eigenvalue weighted by Gasteiger charge is 2.22. The Morgan fingerprint density at radius 2 is 0.623 bits per heavy atom. The Bertz CT molecular complexity index is 4010. The maximum Gasteiger partial charge on any atom is 0.235 e. The van der Waals surface area contributed by atoms with Crippen LogP contribution in [-0.4, -0.2) is 23.7 Å². The summed E-state index contributed by atoms with van der Waals surface area (Å²) >= 11 is 0. The Morgan fingerprint density at radius 1 is 0.246 bits per heavy atom. The van der Waals surface area contributed by atoms with E-state index in [9.17, 15) is 0 Å². The number of benzene rings is 10. The molecule has 0 unspecified atom stereocenters. The Morgan fingerprint density at radius 3 is 1.07 bits per heavy atom. The fraction of sp³-hybridized carbons (Fsp3) is 0. The lowest BCUT2D eigenvalue weighted by Crippen LogP contribution is -2.04. The second-order valence-electron chi connectivity index (χ2n) is 17.7. The number of hydrogen-bond donors (Lipinski definition) is 0. The molecule has 0 aliphatic rings. The normalized spacial score (nSPS) is 11.8. The summed E-state index contributed by atoms with van der Waals surface area (Å²) in [5.74, 6) is 0.622. The van der Waals surface area contributed by atoms with Crippen LogP contribution in [0, 0.1) is 0 Å². The van der Waals surface area contributed by atoms with Crippen LogP contribution in [0.1, 0.15) is 0 Å². The van der Waals surface area contributed by atoms with Crippen molar-refractivity contribution in [3.8, 4) is 62.1 Å². The van der Waals surface area contributed by atoms with Crippen LogP contribution in [0.5, 0.6) is 0 Å². The lowest BCUT2D eigenvalue weighted by atomic mass is 9.96. The van der Waals surface area contributed by atoms with Crippen molar-refractivity contribution in [2.75, 3.05) is 0 Å². The summed E-state index contributed by atoms with van der Waals surface area (Å²) in [5, 5.41) is 7.16. The van der Waals surface area contributed by atoms with E-state index in [-0.39, 0.29) is 0 Å². The zero-order valence-corrected chi connectivity index (χ0v) is 37.4. The van der Waals surface area contributed by atoms with E-state index < -0.39 is 0 Å². The lowest BCUT2D eigenvalue weighted by Gasteiger charge is -2.12. The minimum Gasteiger partial charge on any atom is -0.309 e. The van der Waals surface area contributed by atoms with Crippen molar-refractivity contribution in [1.29, 1.82) is 0 Å². The highest BCUT2D eigenvalue weighted by atomic mass is 15.2. The number of nitrogens with zero attached hydrogens (tertiary/aromatic N) is 5. The van der Waals surface area contributed by atoms with Gasteiger partial charge >= 0.3 is 0 Å². The van der Waals surface area contributed by atoms with Gasteiger partial charge in [0.25, 0.3) is 0 Å². The van der Waals surface area contributed by atoms with E-state index >= 15 is 0 Å². The molecular weight excluding hydrogens is 839 g/mol. The molecule has 10 aromatic carbocycles. The second kappa shape index (κ2) is 15.7. The fourth-order valence-electron chi connectivity index (χ4n) is 10.9. The number of para-hydroxylation sites is 4. The molecule has 5 nitrogen and oxygen atoms in total. The summed E-state index contributed by atoms with van der Waals surface area (Å²) in [6, 6.07) is 89.2. The van der Waals surface area contributed by atoms with E-state index in [0.717, 1.165) is 66.8 Å². The molecule has 5 heteroatoms. The van der Waals surface area contributed by atoms with Crippen molar-refractivity contribution in [2.45, 2.75) is 0 Å². The molecule has 322 valence electrons. The first-order valence-electron chi connectivity index (χ1n) is 23.5. The molecule has 0 N–H and O–H groups in total. The van der Waals surface area contributed by atoms with Gasteiger partial charge < -0.3 is 9.13 Å². The zero-order valence-electron chi connectivity index (χ0n) is 37.4. The second-order valence-corrected chi connectivity index (χ2v) is 17.7. The van der Waals surface area contributed by atoms with Gasteiger partial charge in [-0.05, 0) is 101 Å². The molecule has 0 aliphatic heterocycles. The highest BCUT2D eigenvalue weighted by molar-refractivity contribution is 6.19. The topological polar surface area (TPSA) is 40.6 Å². The molecule has 0 atom stereocenters. The van der Waals surface area contributed by atoms with Crippen LogP contribution in [-0.2, 0) is 0 Å². The average Bonchev–Trinajstić information content (AvgIpc) is 4.07. The summed E-state index contributed by atoms with van der Waals surface area (Å²) in [7, 11) is 0. The number of rotatable bonds is 7. The largest absolute Gasteiger partial charge is 0.309 e. The number of hydrogen-bond acceptors (Lipinski definition) is 2. The van der Waals surface area contributed by atoms with Crippen LogP contribution in [0.2, 0.25) is 0 Å². The Labute approximate surface area is 398 Å². The molecule has 0 bridgehead atoms. The summed E-state index contributed by atoms with van der Waals surface area (Å²) in [5.41, 5.74) is 17.5. The predicted molar refractivity (Wildman–Crippen MR) is 287 cm³/mol. The van der Waals surface area contributed by atoms with Gasteiger partial charge in [-0.25, -0.2) is 9.97 Å². The van der Waals surface area contributed by atoms with Crippen molar-refractivity contribution in [2.24, 2.45) is 0 Å². The van der Waals surface area contributed by atoms with Gasteiger partial charge in [0.15, 0.2) is 0 Å². The summed E-state index contributed by atoms with van der Waals surface area (Å²) in [6.07, 6.45) is 0. The van der Waals surface area contributed by atoms with Crippen molar-refractivity contribution < 1.29 is 0 Å². The molecule has 0 aliphatic carbocycles. The van der Waals surface area contributed by atoms with Gasteiger partial charge in [0.1, 0.15) is 0 Å². The van der Waals surface area contributed by atoms with Crippen molar-refractivity contribution >= 4 is 65.4 Å². The average molecular weight is 880 g/mol. The van der Waals surface area contributed by atoms with Crippen LogP contribution >= 0.6 is 0 Å². The van der Waals surface area contributed by atoms with Gasteiger partial charge in [0, 0.05) is 54.8 Å². The maximum atomic E-state index is 5.39. The van der Waals surface area contributed by atoms with Crippen LogP contribution < -0.4 is 0 Å². The Balaban J connectivity index is 1.05. The molecular formula is C64H41N5. The van der Waals surface area contributed by atoms with Gasteiger partial charge in [0.05, 0.1) is 44.5 Å². The van der Waals surface area contributed by atoms with Gasteiger partial charge in [-0.2, -0.15) is 0 Å². The van der Waals surface area contributed by atoms with Crippen LogP contribution in [0.25, 0.3) is 128 Å². The monoisotopic (exact) mass is 879 g/mol. The molecule has 69 heavy (non-hydrogen) atoms. The van der Waals surface area contributed by atoms with Crippen molar-refractivity contribution in [1.82, 2.24) is 23.7 Å². The summed E-state index contributed by atoms with van der Waals surface area (Å²) < 4.78 is 7.05. The third-order valence-corrected chi connectivity index (χ3v) is 13.9. The zero-order chi connectivity index (χ0) is 45.4. The van der Waals surface area contributed by atoms with E-state index in [1.165, 1.54) is 54.7 Å². The molecule has 0 radical (unpaired) electrons. The molecule has 0 saturated carbocycles. The van der Waals surface area contributed by atoms with Gasteiger partial charge in [-0.1, -0.05) is 170 Å². The lowest BCUT2D eigenvalue weighted by molar-refractivity contribution is 0.996. The highest BCUT2D eigenvalue weighted by Crippen LogP contribution is 2.44. The molecule has 0 amide bonds. The molecule has 14 rings (SSSR count). The molecule has 4 aromatic heterocycles. The number of fused-ring (bicyclic) bond motifs is 9. The van der Waals surface area contributed by atoms with E-state index in [1.807, 2.05) is 12.1 Å². The SMILES string of the molecule is c1ccc(-c2cc(-c3ccccc3)nc(-n3c4ccc(-c5cccc6c5c5ccccc5n6-c5ccccc5)cc4c4cc(-c5cccc6c5c5ccccc5n6-c5ccccc5)ccc43)n2)cc1. The first-order chi connectivity index (χ1) is 34.2. The quantitative estimate of drug-likeness (QED) is 0.160. The Hall–Kier alpha value is -9.32. The molecule has 0 saturated heterocycles. The first-order valence-corrected chi connectivity index (χ1v) is 23.5. The third kappa shape index (κ3) is 6.18. The molecule has 4 heterocycles. The van der Waals surface area contributed by atoms with Crippen LogP contribution in [0.15, 0.2) is 249 Å². The van der Waals surface area contributed by atoms with E-state index in [2.05, 4.69) is 250 Å². The van der Waals surface area contributed by atoms with Gasteiger partial charge in [0.2, 0.25) is 5.95 Å². The van der Waals surface area contributed by atoms with Crippen molar-refractivity contribution in [3.05, 3.63) is 249 Å². The maximum absolute atomic E-state index is 5.39. The molecule has 14 aromatic rings. The first kappa shape index (κ1) is 38.9. The standard InChI is InChI=1S/C64H41N5/c1-5-19-42(20-6-1)54-41-55(43-21-7-2-8-22-43)66-64(65-54)69-58-37-35-44(48-29-17-33-60-62(48)50-27-13-15-31-56(50)67(60)46-23-9-3-10-24-46)39-52(58)53-40-45(36-38-59(53)69)49-30-18-34-61-63(49)51-28-14-16-32-57(51)68(61)47-25-11-4-12-26-47/h1-41H. The van der Waals surface area contributed by atoms with Crippen molar-refractivity contribution in [3.63, 3.8) is 0 Å². The fourth-order valence-corrected chi connectivity index (χ4v) is 10.9. The molecule has 0 spiro atoms. The van der Waals surface area contributed by atoms with E-state index in [4.69, 9.17) is 9.97 Å². The summed E-state index contributed by atoms with van der Waals surface area (Å²) in [6.45, 7) is 0. The predicted octanol–water partition coefficient (Wildman–Crippen LogP) is 16.4. The van der Waals surface area contributed by atoms with Crippen LogP contribution in [0.3, 0.4) is 0 Å². The van der Waals surface area contributed by atoms with E-state index in [0.29, 0.717) is 5.95 Å². The summed E-state index contributed by atoms with van der Waals surface area (Å²) in [4.78, 5) is 10.8. The Kier molecular flexibility index (Phi) is 8.83. The third-order valence-electron chi connectivity index (χ3n) is 13.9. The van der Waals surface area contributed by atoms with Crippen LogP contribution in [0.4, 0.5) is 0 Å². The van der Waals surface area contributed by atoms with E-state index in [1.54, 1.807) is 0 Å². The van der Waals surface area contributed by atoms with Gasteiger partial charge in [-0.15, -0.1) is 0 Å². The molecule has 0 fully saturated rings. The smallest absolute Gasteiger partial charge is 0.235 e.